The summed E-state index contributed by atoms with van der Waals surface area (Å²) in [5, 5.41) is -0.365. The zero-order valence-corrected chi connectivity index (χ0v) is 19.1. The summed E-state index contributed by atoms with van der Waals surface area (Å²) in [4.78, 5) is 0. The minimum atomic E-state index is -3.29. The van der Waals surface area contributed by atoms with Crippen LogP contribution in [0.4, 0.5) is 0 Å². The van der Waals surface area contributed by atoms with Crippen molar-refractivity contribution in [2.45, 2.75) is 97.0 Å². The summed E-state index contributed by atoms with van der Waals surface area (Å²) in [7, 11) is -3.29. The van der Waals surface area contributed by atoms with E-state index in [0.29, 0.717) is 19.6 Å². The van der Waals surface area contributed by atoms with Crippen LogP contribution in [0.1, 0.15) is 84.6 Å². The maximum Gasteiger partial charge on any atom is 0.214 e. The molecule has 162 valence electrons. The van der Waals surface area contributed by atoms with E-state index < -0.39 is 10.0 Å². The standard InChI is InChI=1S/C23H41NO3S/c1-5-6-7-8-9-13-18-24-28(25,26)23(20(2)3)17-16-21(4)27-19-22-14-11-10-12-15-22/h10-12,14-15,20-21,23-24H,5-9,13,16-19H2,1-4H3. The molecule has 0 saturated heterocycles. The number of rotatable bonds is 16. The number of nitrogens with one attached hydrogen (secondary N) is 1. The fourth-order valence-corrected chi connectivity index (χ4v) is 5.17. The fraction of sp³-hybridized carbons (Fsp3) is 0.739. The number of hydrogen-bond acceptors (Lipinski definition) is 3. The lowest BCUT2D eigenvalue weighted by atomic mass is 10.0. The van der Waals surface area contributed by atoms with Crippen molar-refractivity contribution in [1.29, 1.82) is 0 Å². The van der Waals surface area contributed by atoms with Gasteiger partial charge >= 0.3 is 0 Å². The van der Waals surface area contributed by atoms with Crippen molar-refractivity contribution in [2.24, 2.45) is 5.92 Å². The van der Waals surface area contributed by atoms with Gasteiger partial charge in [0.05, 0.1) is 18.0 Å². The largest absolute Gasteiger partial charge is 0.374 e. The Morgan fingerprint density at radius 2 is 1.57 bits per heavy atom. The van der Waals surface area contributed by atoms with Gasteiger partial charge in [-0.25, -0.2) is 13.1 Å². The highest BCUT2D eigenvalue weighted by Crippen LogP contribution is 2.20. The highest BCUT2D eigenvalue weighted by atomic mass is 32.2. The smallest absolute Gasteiger partial charge is 0.214 e. The Balaban J connectivity index is 2.36. The highest BCUT2D eigenvalue weighted by Gasteiger charge is 2.28. The first-order chi connectivity index (χ1) is 13.4. The molecule has 0 aromatic heterocycles. The monoisotopic (exact) mass is 411 g/mol. The van der Waals surface area contributed by atoms with Crippen molar-refractivity contribution < 1.29 is 13.2 Å². The summed E-state index contributed by atoms with van der Waals surface area (Å²) < 4.78 is 34.2. The maximum absolute atomic E-state index is 12.7. The van der Waals surface area contributed by atoms with Gasteiger partial charge < -0.3 is 4.74 Å². The Bertz CT molecular complexity index is 602. The molecular weight excluding hydrogens is 370 g/mol. The first-order valence-corrected chi connectivity index (χ1v) is 12.6. The third kappa shape index (κ3) is 10.6. The van der Waals surface area contributed by atoms with E-state index in [1.54, 1.807) is 0 Å². The van der Waals surface area contributed by atoms with Gasteiger partial charge in [0, 0.05) is 6.54 Å². The van der Waals surface area contributed by atoms with Crippen LogP contribution in [0, 0.1) is 5.92 Å². The predicted molar refractivity (Wildman–Crippen MR) is 119 cm³/mol. The first-order valence-electron chi connectivity index (χ1n) is 11.0. The van der Waals surface area contributed by atoms with Crippen LogP contribution in [-0.4, -0.2) is 26.3 Å². The second-order valence-corrected chi connectivity index (χ2v) is 10.2. The molecule has 0 amide bonds. The SMILES string of the molecule is CCCCCCCCNS(=O)(=O)C(CCC(C)OCc1ccccc1)C(C)C. The van der Waals surface area contributed by atoms with E-state index in [0.717, 1.165) is 24.8 Å². The molecule has 0 aliphatic carbocycles. The van der Waals surface area contributed by atoms with Crippen molar-refractivity contribution in [1.82, 2.24) is 4.72 Å². The van der Waals surface area contributed by atoms with E-state index in [-0.39, 0.29) is 17.3 Å². The zero-order chi connectivity index (χ0) is 20.8. The minimum absolute atomic E-state index is 0.0372. The van der Waals surface area contributed by atoms with Gasteiger partial charge in [0.25, 0.3) is 0 Å². The fourth-order valence-electron chi connectivity index (χ4n) is 3.37. The summed E-state index contributed by atoms with van der Waals surface area (Å²) >= 11 is 0. The molecule has 1 aromatic carbocycles. The molecule has 0 saturated carbocycles. The molecule has 0 spiro atoms. The second-order valence-electron chi connectivity index (χ2n) is 8.17. The summed E-state index contributed by atoms with van der Waals surface area (Å²) in [5.74, 6) is 0.0865. The summed E-state index contributed by atoms with van der Waals surface area (Å²) in [6.45, 7) is 9.33. The summed E-state index contributed by atoms with van der Waals surface area (Å²) in [6.07, 6.45) is 8.37. The molecule has 2 atom stereocenters. The van der Waals surface area contributed by atoms with Crippen molar-refractivity contribution in [3.05, 3.63) is 35.9 Å². The molecule has 28 heavy (non-hydrogen) atoms. The van der Waals surface area contributed by atoms with Gasteiger partial charge in [-0.05, 0) is 37.7 Å². The van der Waals surface area contributed by atoms with Crippen LogP contribution in [-0.2, 0) is 21.4 Å². The second kappa shape index (κ2) is 14.1. The van der Waals surface area contributed by atoms with Crippen LogP contribution in [0.3, 0.4) is 0 Å². The van der Waals surface area contributed by atoms with Gasteiger partial charge in [-0.15, -0.1) is 0 Å². The van der Waals surface area contributed by atoms with E-state index in [2.05, 4.69) is 11.6 Å². The molecule has 0 radical (unpaired) electrons. The molecule has 0 fully saturated rings. The number of hydrogen-bond donors (Lipinski definition) is 1. The van der Waals surface area contributed by atoms with Crippen molar-refractivity contribution in [3.63, 3.8) is 0 Å². The minimum Gasteiger partial charge on any atom is -0.374 e. The van der Waals surface area contributed by atoms with E-state index in [4.69, 9.17) is 4.74 Å². The number of sulfonamides is 1. The molecule has 2 unspecified atom stereocenters. The van der Waals surface area contributed by atoms with Gasteiger partial charge in [-0.2, -0.15) is 0 Å². The highest BCUT2D eigenvalue weighted by molar-refractivity contribution is 7.90. The van der Waals surface area contributed by atoms with Crippen LogP contribution in [0.2, 0.25) is 0 Å². The Labute approximate surface area is 173 Å². The van der Waals surface area contributed by atoms with Gasteiger partial charge in [-0.1, -0.05) is 83.2 Å². The zero-order valence-electron chi connectivity index (χ0n) is 18.3. The van der Waals surface area contributed by atoms with Crippen molar-refractivity contribution >= 4 is 10.0 Å². The Hall–Kier alpha value is -0.910. The Kier molecular flexibility index (Phi) is 12.7. The average molecular weight is 412 g/mol. The molecule has 1 N–H and O–H groups in total. The third-order valence-electron chi connectivity index (χ3n) is 5.21. The van der Waals surface area contributed by atoms with E-state index >= 15 is 0 Å². The summed E-state index contributed by atoms with van der Waals surface area (Å²) in [6, 6.07) is 10.1. The average Bonchev–Trinajstić information content (AvgIpc) is 2.66. The van der Waals surface area contributed by atoms with Crippen LogP contribution in [0.5, 0.6) is 0 Å². The Morgan fingerprint density at radius 3 is 2.21 bits per heavy atom. The molecule has 0 aliphatic rings. The van der Waals surface area contributed by atoms with Gasteiger partial charge in [0.15, 0.2) is 0 Å². The van der Waals surface area contributed by atoms with Crippen LogP contribution in [0.15, 0.2) is 30.3 Å². The van der Waals surface area contributed by atoms with Crippen LogP contribution < -0.4 is 4.72 Å². The molecule has 4 nitrogen and oxygen atoms in total. The van der Waals surface area contributed by atoms with Crippen LogP contribution >= 0.6 is 0 Å². The van der Waals surface area contributed by atoms with E-state index in [1.807, 2.05) is 51.1 Å². The van der Waals surface area contributed by atoms with Crippen molar-refractivity contribution in [2.75, 3.05) is 6.54 Å². The number of unbranched alkanes of at least 4 members (excludes halogenated alkanes) is 5. The number of benzene rings is 1. The molecule has 5 heteroatoms. The normalized spacial score (nSPS) is 14.3. The summed E-state index contributed by atoms with van der Waals surface area (Å²) in [5.41, 5.74) is 1.14. The molecule has 0 aliphatic heterocycles. The van der Waals surface area contributed by atoms with Gasteiger partial charge in [-0.3, -0.25) is 0 Å². The lowest BCUT2D eigenvalue weighted by molar-refractivity contribution is 0.0456. The third-order valence-corrected chi connectivity index (χ3v) is 7.39. The van der Waals surface area contributed by atoms with E-state index in [1.165, 1.54) is 25.7 Å². The molecule has 0 bridgehead atoms. The Morgan fingerprint density at radius 1 is 0.929 bits per heavy atom. The maximum atomic E-state index is 12.7. The lowest BCUT2D eigenvalue weighted by Crippen LogP contribution is -2.38. The van der Waals surface area contributed by atoms with E-state index in [9.17, 15) is 8.42 Å². The molecule has 0 heterocycles. The molecular formula is C23H41NO3S. The van der Waals surface area contributed by atoms with Crippen molar-refractivity contribution in [3.8, 4) is 0 Å². The van der Waals surface area contributed by atoms with Crippen LogP contribution in [0.25, 0.3) is 0 Å². The number of ether oxygens (including phenoxy) is 1. The molecule has 1 rings (SSSR count). The van der Waals surface area contributed by atoms with Gasteiger partial charge in [0.2, 0.25) is 10.0 Å². The predicted octanol–water partition coefficient (Wildman–Crippen LogP) is 5.68. The lowest BCUT2D eigenvalue weighted by Gasteiger charge is -2.23. The quantitative estimate of drug-likeness (QED) is 0.356. The first kappa shape index (κ1) is 25.1. The topological polar surface area (TPSA) is 55.4 Å². The molecule has 1 aromatic rings. The van der Waals surface area contributed by atoms with Gasteiger partial charge in [0.1, 0.15) is 0 Å².